The van der Waals surface area contributed by atoms with Crippen LogP contribution >= 0.6 is 11.6 Å². The molecule has 0 saturated heterocycles. The zero-order chi connectivity index (χ0) is 20.3. The summed E-state index contributed by atoms with van der Waals surface area (Å²) < 4.78 is 5.41. The molecule has 0 aliphatic heterocycles. The third-order valence-corrected chi connectivity index (χ3v) is 4.46. The molecule has 1 heterocycles. The minimum Gasteiger partial charge on any atom is -0.484 e. The highest BCUT2D eigenvalue weighted by Gasteiger charge is 2.32. The number of aromatic nitrogens is 4. The Bertz CT molecular complexity index is 857. The van der Waals surface area contributed by atoms with E-state index in [0.717, 1.165) is 0 Å². The van der Waals surface area contributed by atoms with Gasteiger partial charge in [0.15, 0.2) is 6.61 Å². The molecule has 28 heavy (non-hydrogen) atoms. The first-order valence-electron chi connectivity index (χ1n) is 9.00. The van der Waals surface area contributed by atoms with Gasteiger partial charge in [0.05, 0.1) is 5.54 Å². The molecule has 1 aliphatic carbocycles. The van der Waals surface area contributed by atoms with Crippen molar-refractivity contribution in [1.82, 2.24) is 30.8 Å². The Hall–Kier alpha value is -2.68. The average Bonchev–Trinajstić information content (AvgIpc) is 3.08. The summed E-state index contributed by atoms with van der Waals surface area (Å²) in [6.07, 6.45) is 1.28. The molecular weight excluding hydrogens is 384 g/mol. The molecule has 0 bridgehead atoms. The number of ether oxygens (including phenoxy) is 1. The lowest BCUT2D eigenvalue weighted by Crippen LogP contribution is -2.54. The van der Waals surface area contributed by atoms with Crippen LogP contribution in [-0.4, -0.2) is 50.7 Å². The Kier molecular flexibility index (Phi) is 5.83. The van der Waals surface area contributed by atoms with E-state index in [-0.39, 0.29) is 41.9 Å². The largest absolute Gasteiger partial charge is 0.484 e. The van der Waals surface area contributed by atoms with Crippen molar-refractivity contribution in [1.29, 1.82) is 0 Å². The molecule has 1 aromatic carbocycles. The molecular formula is C18H23ClN6O3. The maximum absolute atomic E-state index is 12.2. The molecule has 150 valence electrons. The van der Waals surface area contributed by atoms with Crippen molar-refractivity contribution < 1.29 is 14.3 Å². The van der Waals surface area contributed by atoms with Crippen LogP contribution in [0.3, 0.4) is 0 Å². The minimum absolute atomic E-state index is 0.000946. The van der Waals surface area contributed by atoms with Gasteiger partial charge in [-0.15, -0.1) is 10.2 Å². The first kappa shape index (κ1) is 20.1. The molecule has 0 radical (unpaired) electrons. The normalized spacial score (nSPS) is 18.9. The lowest BCUT2D eigenvalue weighted by Gasteiger charge is -2.35. The van der Waals surface area contributed by atoms with E-state index in [1.165, 1.54) is 4.80 Å². The van der Waals surface area contributed by atoms with Crippen molar-refractivity contribution in [3.63, 3.8) is 0 Å². The van der Waals surface area contributed by atoms with E-state index in [2.05, 4.69) is 26.0 Å². The van der Waals surface area contributed by atoms with Crippen LogP contribution in [0.2, 0.25) is 5.02 Å². The molecule has 1 aromatic heterocycles. The van der Waals surface area contributed by atoms with Crippen LogP contribution in [0.5, 0.6) is 5.75 Å². The molecule has 1 aliphatic rings. The molecule has 2 N–H and O–H groups in total. The fourth-order valence-electron chi connectivity index (χ4n) is 2.67. The smallest absolute Gasteiger partial charge is 0.293 e. The zero-order valence-corrected chi connectivity index (χ0v) is 16.7. The molecule has 0 atom stereocenters. The van der Waals surface area contributed by atoms with Crippen molar-refractivity contribution in [3.8, 4) is 5.75 Å². The van der Waals surface area contributed by atoms with Crippen LogP contribution in [-0.2, 0) is 10.3 Å². The van der Waals surface area contributed by atoms with Gasteiger partial charge in [0.2, 0.25) is 0 Å². The van der Waals surface area contributed by atoms with Crippen molar-refractivity contribution in [3.05, 3.63) is 35.1 Å². The summed E-state index contributed by atoms with van der Waals surface area (Å²) in [4.78, 5) is 25.6. The Morgan fingerprint density at radius 1 is 1.25 bits per heavy atom. The minimum atomic E-state index is -0.366. The van der Waals surface area contributed by atoms with Gasteiger partial charge in [0, 0.05) is 17.1 Å². The number of nitrogens with one attached hydrogen (secondary N) is 2. The van der Waals surface area contributed by atoms with Gasteiger partial charge in [-0.25, -0.2) is 0 Å². The van der Waals surface area contributed by atoms with Gasteiger partial charge in [-0.2, -0.15) is 4.80 Å². The number of hydrogen-bond donors (Lipinski definition) is 2. The Morgan fingerprint density at radius 3 is 2.61 bits per heavy atom. The van der Waals surface area contributed by atoms with Gasteiger partial charge in [0.25, 0.3) is 17.6 Å². The number of halogens is 1. The average molecular weight is 407 g/mol. The molecule has 2 amide bonds. The lowest BCUT2D eigenvalue weighted by molar-refractivity contribution is -0.124. The third-order valence-electron chi connectivity index (χ3n) is 4.22. The van der Waals surface area contributed by atoms with Crippen LogP contribution in [0.15, 0.2) is 24.3 Å². The highest BCUT2D eigenvalue weighted by Crippen LogP contribution is 2.21. The Morgan fingerprint density at radius 2 is 1.96 bits per heavy atom. The number of nitrogens with zero attached hydrogens (tertiary/aromatic N) is 4. The number of hydrogen-bond acceptors (Lipinski definition) is 6. The maximum Gasteiger partial charge on any atom is 0.293 e. The summed E-state index contributed by atoms with van der Waals surface area (Å²) in [5.41, 5.74) is -0.343. The summed E-state index contributed by atoms with van der Waals surface area (Å²) in [6, 6.07) is 6.83. The molecule has 2 aromatic rings. The first-order chi connectivity index (χ1) is 13.2. The van der Waals surface area contributed by atoms with E-state index in [9.17, 15) is 9.59 Å². The fourth-order valence-corrected chi connectivity index (χ4v) is 2.85. The number of carbonyl (C=O) groups excluding carboxylic acids is 2. The maximum atomic E-state index is 12.2. The number of rotatable bonds is 6. The van der Waals surface area contributed by atoms with Gasteiger partial charge in [-0.1, -0.05) is 17.7 Å². The predicted molar refractivity (Wildman–Crippen MR) is 102 cm³/mol. The van der Waals surface area contributed by atoms with E-state index in [0.29, 0.717) is 23.6 Å². The summed E-state index contributed by atoms with van der Waals surface area (Å²) in [5.74, 6) is -0.00589. The van der Waals surface area contributed by atoms with Gasteiger partial charge < -0.3 is 15.4 Å². The highest BCUT2D eigenvalue weighted by molar-refractivity contribution is 6.30. The number of amides is 2. The topological polar surface area (TPSA) is 111 Å². The van der Waals surface area contributed by atoms with E-state index in [1.807, 2.05) is 20.8 Å². The van der Waals surface area contributed by atoms with Crippen molar-refractivity contribution in [2.75, 3.05) is 6.61 Å². The molecule has 3 rings (SSSR count). The standard InChI is InChI=1S/C18H23ClN6O3/c1-18(2,3)25-23-16(22-24-25)17(27)21-13-8-12(9-13)20-15(26)10-28-14-6-4-5-11(19)7-14/h4-7,12-13H,8-10H2,1-3H3,(H,20,26)(H,21,27). The van der Waals surface area contributed by atoms with Crippen LogP contribution in [0, 0.1) is 0 Å². The SMILES string of the molecule is CC(C)(C)n1nnc(C(=O)NC2CC(NC(=O)COc3cccc(Cl)c3)C2)n1. The van der Waals surface area contributed by atoms with Crippen LogP contribution in [0.4, 0.5) is 0 Å². The second kappa shape index (κ2) is 8.14. The quantitative estimate of drug-likeness (QED) is 0.752. The van der Waals surface area contributed by atoms with Gasteiger partial charge in [0.1, 0.15) is 5.75 Å². The van der Waals surface area contributed by atoms with Crippen molar-refractivity contribution in [2.45, 2.75) is 51.2 Å². The Labute approximate surface area is 167 Å². The van der Waals surface area contributed by atoms with Gasteiger partial charge in [-0.05, 0) is 57.0 Å². The van der Waals surface area contributed by atoms with E-state index < -0.39 is 0 Å². The third kappa shape index (κ3) is 5.19. The molecule has 10 heteroatoms. The fraction of sp³-hybridized carbons (Fsp3) is 0.500. The van der Waals surface area contributed by atoms with Gasteiger partial charge in [-0.3, -0.25) is 9.59 Å². The van der Waals surface area contributed by atoms with Crippen molar-refractivity contribution in [2.24, 2.45) is 0 Å². The molecule has 1 fully saturated rings. The molecule has 9 nitrogen and oxygen atoms in total. The molecule has 0 spiro atoms. The number of carbonyl (C=O) groups is 2. The van der Waals surface area contributed by atoms with Crippen LogP contribution in [0.25, 0.3) is 0 Å². The number of benzene rings is 1. The predicted octanol–water partition coefficient (Wildman–Crippen LogP) is 1.54. The molecule has 0 unspecified atom stereocenters. The van der Waals surface area contributed by atoms with E-state index in [4.69, 9.17) is 16.3 Å². The molecule has 1 saturated carbocycles. The summed E-state index contributed by atoms with van der Waals surface area (Å²) in [5, 5.41) is 18.1. The van der Waals surface area contributed by atoms with Crippen LogP contribution < -0.4 is 15.4 Å². The highest BCUT2D eigenvalue weighted by atomic mass is 35.5. The van der Waals surface area contributed by atoms with E-state index >= 15 is 0 Å². The van der Waals surface area contributed by atoms with Gasteiger partial charge >= 0.3 is 0 Å². The van der Waals surface area contributed by atoms with E-state index in [1.54, 1.807) is 24.3 Å². The summed E-state index contributed by atoms with van der Waals surface area (Å²) in [6.45, 7) is 5.68. The lowest BCUT2D eigenvalue weighted by atomic mass is 9.86. The monoisotopic (exact) mass is 406 g/mol. The zero-order valence-electron chi connectivity index (χ0n) is 16.0. The summed E-state index contributed by atoms with van der Waals surface area (Å²) >= 11 is 5.87. The second-order valence-electron chi connectivity index (χ2n) is 7.73. The van der Waals surface area contributed by atoms with Crippen LogP contribution in [0.1, 0.15) is 44.2 Å². The van der Waals surface area contributed by atoms with Crippen molar-refractivity contribution >= 4 is 23.4 Å². The summed E-state index contributed by atoms with van der Waals surface area (Å²) in [7, 11) is 0. The number of tetrazole rings is 1. The Balaban J connectivity index is 1.38. The second-order valence-corrected chi connectivity index (χ2v) is 8.16. The first-order valence-corrected chi connectivity index (χ1v) is 9.37.